The normalized spacial score (nSPS) is 17.3. The van der Waals surface area contributed by atoms with Gasteiger partial charge in [0, 0.05) is 48.3 Å². The molecular weight excluding hydrogens is 589 g/mol. The molecule has 4 rings (SSSR count). The molecule has 0 aliphatic carbocycles. The number of hydrogen-bond donors (Lipinski definition) is 2. The van der Waals surface area contributed by atoms with Crippen molar-refractivity contribution in [3.63, 3.8) is 0 Å². The summed E-state index contributed by atoms with van der Waals surface area (Å²) in [5.74, 6) is -6.96. The summed E-state index contributed by atoms with van der Waals surface area (Å²) >= 11 is 6.46. The number of nitrogens with zero attached hydrogens (tertiary/aromatic N) is 5. The summed E-state index contributed by atoms with van der Waals surface area (Å²) in [6, 6.07) is 10.7. The number of aromatic nitrogens is 2. The van der Waals surface area contributed by atoms with Crippen molar-refractivity contribution >= 4 is 41.0 Å². The fourth-order valence-corrected chi connectivity index (χ4v) is 4.87. The van der Waals surface area contributed by atoms with Crippen LogP contribution in [0.4, 0.5) is 24.8 Å². The van der Waals surface area contributed by atoms with E-state index < -0.39 is 73.5 Å². The highest BCUT2D eigenvalue weighted by molar-refractivity contribution is 6.31. The molecule has 43 heavy (non-hydrogen) atoms. The molecule has 10 nitrogen and oxygen atoms in total. The number of rotatable bonds is 10. The second kappa shape index (κ2) is 13.2. The van der Waals surface area contributed by atoms with Gasteiger partial charge in [-0.1, -0.05) is 42.8 Å². The SMILES string of the molecule is CCC(F)(F)CCNC(=O)[C@H](c1ccccc1Cl)N(C(=O)[C@@H]1C[C@@H](O)C(=O)N1c1nccc(C#N)n1)c1cccc(F)c1. The first-order chi connectivity index (χ1) is 20.5. The molecule has 1 aliphatic rings. The highest BCUT2D eigenvalue weighted by Gasteiger charge is 2.48. The first kappa shape index (κ1) is 31.4. The van der Waals surface area contributed by atoms with Crippen LogP contribution in [0, 0.1) is 17.1 Å². The Hall–Kier alpha value is -4.54. The Morgan fingerprint density at radius 2 is 2.00 bits per heavy atom. The zero-order valence-electron chi connectivity index (χ0n) is 22.8. The minimum absolute atomic E-state index is 0.0418. The van der Waals surface area contributed by atoms with Crippen molar-refractivity contribution < 1.29 is 32.7 Å². The minimum atomic E-state index is -3.05. The molecule has 0 unspecified atom stereocenters. The monoisotopic (exact) mass is 614 g/mol. The Kier molecular flexibility index (Phi) is 9.63. The molecule has 0 bridgehead atoms. The Bertz CT molecular complexity index is 1570. The van der Waals surface area contributed by atoms with Gasteiger partial charge >= 0.3 is 0 Å². The molecule has 0 spiro atoms. The third-order valence-electron chi connectivity index (χ3n) is 6.88. The molecule has 1 fully saturated rings. The number of halogens is 4. The van der Waals surface area contributed by atoms with E-state index in [0.29, 0.717) is 0 Å². The van der Waals surface area contributed by atoms with Gasteiger partial charge in [-0.2, -0.15) is 5.26 Å². The molecule has 224 valence electrons. The van der Waals surface area contributed by atoms with Gasteiger partial charge in [0.15, 0.2) is 0 Å². The number of hydrogen-bond acceptors (Lipinski definition) is 7. The fraction of sp³-hybridized carbons (Fsp3) is 0.310. The zero-order chi connectivity index (χ0) is 31.3. The standard InChI is InChI=1S/C29H26ClF3N6O4/c1-2-29(32,33)11-13-35-25(41)24(20-8-3-4-9-21(20)30)38(19-7-5-6-17(31)14-19)26(42)22-15-23(40)27(43)39(22)28-36-12-10-18(16-34)37-28/h3-10,12,14,22-24,40H,2,11,13,15H2,1H3,(H,35,41)/t22-,23+,24-/m0/s1. The molecule has 3 amide bonds. The van der Waals surface area contributed by atoms with E-state index in [9.17, 15) is 37.9 Å². The number of carbonyl (C=O) groups is 3. The van der Waals surface area contributed by atoms with E-state index in [0.717, 1.165) is 21.9 Å². The lowest BCUT2D eigenvalue weighted by molar-refractivity contribution is -0.127. The fourth-order valence-electron chi connectivity index (χ4n) is 4.63. The highest BCUT2D eigenvalue weighted by atomic mass is 35.5. The van der Waals surface area contributed by atoms with E-state index in [4.69, 9.17) is 11.6 Å². The maximum atomic E-state index is 14.5. The van der Waals surface area contributed by atoms with Gasteiger partial charge in [-0.05, 0) is 30.3 Å². The number of carbonyl (C=O) groups excluding carboxylic acids is 3. The van der Waals surface area contributed by atoms with Crippen molar-refractivity contribution in [2.24, 2.45) is 0 Å². The molecule has 2 heterocycles. The van der Waals surface area contributed by atoms with Crippen LogP contribution in [0.15, 0.2) is 60.8 Å². The second-order valence-electron chi connectivity index (χ2n) is 9.69. The topological polar surface area (TPSA) is 140 Å². The van der Waals surface area contributed by atoms with Gasteiger partial charge in [0.2, 0.25) is 17.8 Å². The molecule has 1 saturated heterocycles. The Morgan fingerprint density at radius 1 is 1.26 bits per heavy atom. The number of amides is 3. The molecule has 3 atom stereocenters. The van der Waals surface area contributed by atoms with Crippen molar-refractivity contribution in [2.75, 3.05) is 16.3 Å². The summed E-state index contributed by atoms with van der Waals surface area (Å²) in [7, 11) is 0. The maximum Gasteiger partial charge on any atom is 0.259 e. The van der Waals surface area contributed by atoms with Crippen LogP contribution in [0.1, 0.15) is 43.5 Å². The van der Waals surface area contributed by atoms with E-state index in [1.165, 1.54) is 49.5 Å². The summed E-state index contributed by atoms with van der Waals surface area (Å²) in [4.78, 5) is 50.9. The summed E-state index contributed by atoms with van der Waals surface area (Å²) in [5, 5.41) is 22.2. The van der Waals surface area contributed by atoms with Crippen molar-refractivity contribution in [1.82, 2.24) is 15.3 Å². The molecule has 0 radical (unpaired) electrons. The average molecular weight is 615 g/mol. The van der Waals surface area contributed by atoms with Crippen LogP contribution in [0.3, 0.4) is 0 Å². The Labute approximate surface area is 249 Å². The zero-order valence-corrected chi connectivity index (χ0v) is 23.5. The molecule has 2 N–H and O–H groups in total. The molecule has 1 aliphatic heterocycles. The predicted octanol–water partition coefficient (Wildman–Crippen LogP) is 3.93. The van der Waals surface area contributed by atoms with E-state index in [-0.39, 0.29) is 27.9 Å². The van der Waals surface area contributed by atoms with Crippen LogP contribution >= 0.6 is 11.6 Å². The number of benzene rings is 2. The van der Waals surface area contributed by atoms with E-state index in [1.54, 1.807) is 12.1 Å². The van der Waals surface area contributed by atoms with Gasteiger partial charge < -0.3 is 10.4 Å². The quantitative estimate of drug-likeness (QED) is 0.353. The highest BCUT2D eigenvalue weighted by Crippen LogP contribution is 2.36. The Morgan fingerprint density at radius 3 is 2.67 bits per heavy atom. The number of aliphatic hydroxyl groups excluding tert-OH is 1. The van der Waals surface area contributed by atoms with Crippen LogP contribution in [0.5, 0.6) is 0 Å². The van der Waals surface area contributed by atoms with Crippen LogP contribution < -0.4 is 15.1 Å². The van der Waals surface area contributed by atoms with Crippen molar-refractivity contribution in [1.29, 1.82) is 5.26 Å². The van der Waals surface area contributed by atoms with Crippen molar-refractivity contribution in [3.8, 4) is 6.07 Å². The van der Waals surface area contributed by atoms with Crippen molar-refractivity contribution in [2.45, 2.75) is 50.3 Å². The van der Waals surface area contributed by atoms with Crippen LogP contribution in [0.25, 0.3) is 0 Å². The number of aliphatic hydroxyl groups is 1. The van der Waals surface area contributed by atoms with Crippen molar-refractivity contribution in [3.05, 3.63) is 82.9 Å². The lowest BCUT2D eigenvalue weighted by Gasteiger charge is -2.35. The van der Waals surface area contributed by atoms with Gasteiger partial charge in [0.1, 0.15) is 35.8 Å². The summed E-state index contributed by atoms with van der Waals surface area (Å²) in [5.41, 5.74) is -0.158. The van der Waals surface area contributed by atoms with Gasteiger partial charge in [0.25, 0.3) is 11.8 Å². The van der Waals surface area contributed by atoms with Crippen LogP contribution in [-0.2, 0) is 14.4 Å². The van der Waals surface area contributed by atoms with Gasteiger partial charge in [0.05, 0.1) is 0 Å². The average Bonchev–Trinajstić information content (AvgIpc) is 3.29. The predicted molar refractivity (Wildman–Crippen MR) is 150 cm³/mol. The van der Waals surface area contributed by atoms with E-state index in [1.807, 2.05) is 0 Å². The minimum Gasteiger partial charge on any atom is -0.383 e. The molecule has 14 heteroatoms. The third-order valence-corrected chi connectivity index (χ3v) is 7.22. The molecular formula is C29H26ClF3N6O4. The third kappa shape index (κ3) is 6.93. The molecule has 1 aromatic heterocycles. The Balaban J connectivity index is 1.84. The number of alkyl halides is 2. The number of anilines is 2. The molecule has 2 aromatic carbocycles. The number of nitrogens with one attached hydrogen (secondary N) is 1. The molecule has 3 aromatic rings. The first-order valence-corrected chi connectivity index (χ1v) is 13.6. The van der Waals surface area contributed by atoms with Crippen LogP contribution in [0.2, 0.25) is 5.02 Å². The summed E-state index contributed by atoms with van der Waals surface area (Å²) in [6.45, 7) is 0.852. The lowest BCUT2D eigenvalue weighted by Crippen LogP contribution is -2.52. The second-order valence-corrected chi connectivity index (χ2v) is 10.1. The van der Waals surface area contributed by atoms with Gasteiger partial charge in [-0.25, -0.2) is 23.1 Å². The maximum absolute atomic E-state index is 14.5. The lowest BCUT2D eigenvalue weighted by atomic mass is 10.0. The smallest absolute Gasteiger partial charge is 0.259 e. The largest absolute Gasteiger partial charge is 0.383 e. The molecule has 0 saturated carbocycles. The van der Waals surface area contributed by atoms with Gasteiger partial charge in [-0.15, -0.1) is 0 Å². The van der Waals surface area contributed by atoms with E-state index >= 15 is 0 Å². The summed E-state index contributed by atoms with van der Waals surface area (Å²) in [6.07, 6.45) is -2.06. The van der Waals surface area contributed by atoms with Crippen LogP contribution in [-0.4, -0.2) is 57.4 Å². The summed E-state index contributed by atoms with van der Waals surface area (Å²) < 4.78 is 42.4. The number of nitriles is 1. The van der Waals surface area contributed by atoms with E-state index in [2.05, 4.69) is 15.3 Å². The van der Waals surface area contributed by atoms with Gasteiger partial charge in [-0.3, -0.25) is 24.2 Å². The first-order valence-electron chi connectivity index (χ1n) is 13.2.